The highest BCUT2D eigenvalue weighted by Crippen LogP contribution is 2.20. The summed E-state index contributed by atoms with van der Waals surface area (Å²) in [6.07, 6.45) is 0.286. The van der Waals surface area contributed by atoms with Gasteiger partial charge in [0.05, 0.1) is 12.5 Å². The smallest absolute Gasteiger partial charge is 0.325 e. The number of rotatable bonds is 26. The topological polar surface area (TPSA) is 402 Å². The van der Waals surface area contributed by atoms with Crippen molar-refractivity contribution in [1.82, 2.24) is 36.9 Å². The number of phenols is 2. The molecule has 7 amide bonds. The van der Waals surface area contributed by atoms with Gasteiger partial charge in [-0.05, 0) is 72.7 Å². The van der Waals surface area contributed by atoms with Crippen molar-refractivity contribution in [1.29, 1.82) is 0 Å². The molecule has 18 N–H and O–H groups in total. The van der Waals surface area contributed by atoms with Gasteiger partial charge in [0.25, 0.3) is 0 Å². The number of aromatic hydroxyl groups is 2. The van der Waals surface area contributed by atoms with Crippen LogP contribution in [0.25, 0.3) is 10.9 Å². The first-order valence-corrected chi connectivity index (χ1v) is 22.4. The van der Waals surface area contributed by atoms with E-state index < -0.39 is 96.0 Å². The maximum Gasteiger partial charge on any atom is 0.325 e. The number of aliphatic imine (C=N–C) groups is 1. The number of primary amides is 1. The van der Waals surface area contributed by atoms with E-state index >= 15 is 0 Å². The van der Waals surface area contributed by atoms with Gasteiger partial charge in [-0.15, -0.1) is 0 Å². The molecule has 23 heteroatoms. The van der Waals surface area contributed by atoms with Crippen LogP contribution >= 0.6 is 0 Å². The number of phenolic OH excluding ortho intramolecular Hbond substituents is 2. The first-order valence-electron chi connectivity index (χ1n) is 22.4. The van der Waals surface area contributed by atoms with E-state index in [-0.39, 0.29) is 62.0 Å². The molecule has 23 nitrogen and oxygen atoms in total. The Hall–Kier alpha value is -8.21. The number of aliphatic carboxylic acids is 1. The summed E-state index contributed by atoms with van der Waals surface area (Å²) in [6, 6.07) is 8.79. The Kier molecular flexibility index (Phi) is 20.0. The van der Waals surface area contributed by atoms with E-state index in [1.807, 2.05) is 0 Å². The molecule has 0 aliphatic heterocycles. The van der Waals surface area contributed by atoms with Gasteiger partial charge in [0.2, 0.25) is 41.4 Å². The molecule has 70 heavy (non-hydrogen) atoms. The molecule has 0 unspecified atom stereocenters. The lowest BCUT2D eigenvalue weighted by Crippen LogP contribution is -2.60. The van der Waals surface area contributed by atoms with E-state index in [2.05, 4.69) is 41.9 Å². The highest BCUT2D eigenvalue weighted by Gasteiger charge is 2.35. The minimum atomic E-state index is -1.76. The lowest BCUT2D eigenvalue weighted by atomic mass is 10.0. The number of nitrogens with zero attached hydrogens (tertiary/aromatic N) is 1. The van der Waals surface area contributed by atoms with Gasteiger partial charge in [-0.1, -0.05) is 56.3 Å². The number of aromatic nitrogens is 1. The molecule has 376 valence electrons. The average Bonchev–Trinajstić information content (AvgIpc) is 3.71. The molecular formula is C47H62N12O11. The highest BCUT2D eigenvalue weighted by molar-refractivity contribution is 5.99. The second-order valence-corrected chi connectivity index (χ2v) is 17.1. The average molecular weight is 971 g/mol. The monoisotopic (exact) mass is 970 g/mol. The van der Waals surface area contributed by atoms with E-state index in [4.69, 9.17) is 22.9 Å². The van der Waals surface area contributed by atoms with Crippen molar-refractivity contribution in [3.8, 4) is 11.5 Å². The molecule has 4 rings (SSSR count). The zero-order chi connectivity index (χ0) is 51.7. The third-order valence-electron chi connectivity index (χ3n) is 11.1. The molecule has 1 aromatic heterocycles. The zero-order valence-corrected chi connectivity index (χ0v) is 38.9. The highest BCUT2D eigenvalue weighted by atomic mass is 16.4. The Labute approximate surface area is 403 Å². The molecular weight excluding hydrogens is 909 g/mol. The molecule has 0 aliphatic carbocycles. The lowest BCUT2D eigenvalue weighted by Gasteiger charge is -2.27. The van der Waals surface area contributed by atoms with Gasteiger partial charge in [-0.2, -0.15) is 0 Å². The van der Waals surface area contributed by atoms with Crippen molar-refractivity contribution < 1.29 is 53.7 Å². The fourth-order valence-corrected chi connectivity index (χ4v) is 7.10. The number of guanidine groups is 1. The van der Waals surface area contributed by atoms with Crippen LogP contribution in [0.4, 0.5) is 0 Å². The van der Waals surface area contributed by atoms with Crippen LogP contribution in [-0.2, 0) is 57.6 Å². The second-order valence-electron chi connectivity index (χ2n) is 17.1. The molecule has 0 saturated carbocycles. The first kappa shape index (κ1) is 54.4. The number of nitrogens with one attached hydrogen (secondary N) is 7. The number of H-pyrrole nitrogens is 1. The molecule has 0 bridgehead atoms. The van der Waals surface area contributed by atoms with E-state index in [0.29, 0.717) is 27.6 Å². The number of hydrogen-bond donors (Lipinski definition) is 14. The van der Waals surface area contributed by atoms with E-state index in [9.17, 15) is 53.7 Å². The van der Waals surface area contributed by atoms with Crippen molar-refractivity contribution >= 4 is 64.2 Å². The zero-order valence-electron chi connectivity index (χ0n) is 38.9. The summed E-state index contributed by atoms with van der Waals surface area (Å²) in [7, 11) is 0. The van der Waals surface area contributed by atoms with Crippen LogP contribution in [0.15, 0.2) is 84.0 Å². The number of amides is 7. The molecule has 3 aromatic carbocycles. The Balaban J connectivity index is 1.67. The van der Waals surface area contributed by atoms with Crippen LogP contribution in [-0.4, -0.2) is 122 Å². The molecule has 0 radical (unpaired) electrons. The summed E-state index contributed by atoms with van der Waals surface area (Å²) >= 11 is 0. The predicted octanol–water partition coefficient (Wildman–Crippen LogP) is -1.47. The van der Waals surface area contributed by atoms with Crippen molar-refractivity contribution in [2.75, 3.05) is 6.54 Å². The number of carboxylic acids is 1. The number of nitrogens with two attached hydrogens (primary N) is 4. The second kappa shape index (κ2) is 25.8. The minimum Gasteiger partial charge on any atom is -0.508 e. The summed E-state index contributed by atoms with van der Waals surface area (Å²) < 4.78 is 0. The summed E-state index contributed by atoms with van der Waals surface area (Å²) in [5, 5.41) is 45.1. The SMILES string of the molecule is CC(C)[C@H](N)C(=O)N[C@@H](Cc1ccc(O)cc1)C(=O)N[C@@H](CCCN=C(N)N)C(=O)N[C@@H](CC(N)=O)C(=O)N[C@@H](Cc1c[nH]c2ccccc12)C(=O)N[C@@H](Cc1ccc(O)cc1)C(=O)N[C@@H](C)C(=O)O. The number of hydrogen-bond acceptors (Lipinski definition) is 12. The van der Waals surface area contributed by atoms with Gasteiger partial charge in [0, 0.05) is 42.9 Å². The first-order chi connectivity index (χ1) is 33.1. The summed E-state index contributed by atoms with van der Waals surface area (Å²) in [6.45, 7) is 4.67. The largest absolute Gasteiger partial charge is 0.508 e. The fourth-order valence-electron chi connectivity index (χ4n) is 7.10. The van der Waals surface area contributed by atoms with E-state index in [1.54, 1.807) is 44.3 Å². The Morgan fingerprint density at radius 3 is 1.57 bits per heavy atom. The van der Waals surface area contributed by atoms with Crippen LogP contribution in [0.5, 0.6) is 11.5 Å². The maximum atomic E-state index is 14.4. The third-order valence-corrected chi connectivity index (χ3v) is 11.1. The molecule has 0 spiro atoms. The Morgan fingerprint density at radius 1 is 0.600 bits per heavy atom. The Bertz CT molecular complexity index is 2510. The maximum absolute atomic E-state index is 14.4. The number of benzene rings is 3. The normalized spacial score (nSPS) is 14.1. The fraction of sp³-hybridized carbons (Fsp3) is 0.383. The van der Waals surface area contributed by atoms with Crippen LogP contribution < -0.4 is 54.8 Å². The van der Waals surface area contributed by atoms with Crippen molar-refractivity contribution in [2.45, 2.75) is 102 Å². The molecule has 7 atom stereocenters. The van der Waals surface area contributed by atoms with E-state index in [0.717, 1.165) is 0 Å². The summed E-state index contributed by atoms with van der Waals surface area (Å²) in [4.78, 5) is 115. The molecule has 0 fully saturated rings. The van der Waals surface area contributed by atoms with Gasteiger partial charge < -0.3 is 75.1 Å². The Morgan fingerprint density at radius 2 is 1.06 bits per heavy atom. The van der Waals surface area contributed by atoms with Crippen molar-refractivity contribution in [3.05, 3.63) is 95.7 Å². The molecule has 0 saturated heterocycles. The number of carbonyl (C=O) groups is 8. The number of aromatic amines is 1. The molecule has 1 heterocycles. The van der Waals surface area contributed by atoms with Gasteiger partial charge in [-0.25, -0.2) is 0 Å². The minimum absolute atomic E-state index is 0.00963. The number of carboxylic acid groups (broad SMARTS) is 1. The van der Waals surface area contributed by atoms with Gasteiger partial charge in [-0.3, -0.25) is 43.3 Å². The predicted molar refractivity (Wildman–Crippen MR) is 257 cm³/mol. The number of para-hydroxylation sites is 1. The van der Waals surface area contributed by atoms with Crippen molar-refractivity contribution in [2.24, 2.45) is 33.8 Å². The molecule has 0 aliphatic rings. The quantitative estimate of drug-likeness (QED) is 0.0194. The molecule has 4 aromatic rings. The summed E-state index contributed by atoms with van der Waals surface area (Å²) in [5.41, 5.74) is 24.9. The number of carbonyl (C=O) groups excluding carboxylic acids is 7. The lowest BCUT2D eigenvalue weighted by molar-refractivity contribution is -0.141. The van der Waals surface area contributed by atoms with Crippen molar-refractivity contribution in [3.63, 3.8) is 0 Å². The van der Waals surface area contributed by atoms with Gasteiger partial charge in [0.1, 0.15) is 47.8 Å². The number of fused-ring (bicyclic) bond motifs is 1. The van der Waals surface area contributed by atoms with Gasteiger partial charge >= 0.3 is 5.97 Å². The van der Waals surface area contributed by atoms with Gasteiger partial charge in [0.15, 0.2) is 5.96 Å². The third kappa shape index (κ3) is 16.8. The van der Waals surface area contributed by atoms with E-state index in [1.165, 1.54) is 55.5 Å². The van der Waals surface area contributed by atoms with Crippen LogP contribution in [0.2, 0.25) is 0 Å². The summed E-state index contributed by atoms with van der Waals surface area (Å²) in [5.74, 6) is -8.41. The van der Waals surface area contributed by atoms with Crippen LogP contribution in [0.3, 0.4) is 0 Å². The van der Waals surface area contributed by atoms with Crippen LogP contribution in [0.1, 0.15) is 56.7 Å². The van der Waals surface area contributed by atoms with Crippen LogP contribution in [0, 0.1) is 5.92 Å². The standard InChI is InChI=1S/C47H62N12O11/c1-24(2)39(49)45(68)59-35(20-27-12-16-30(61)17-13-27)42(65)55-33(9-6-18-52-47(50)51)40(63)58-37(22-38(48)62)44(67)57-36(21-28-23-53-32-8-5-4-7-31(28)32)43(66)56-34(41(64)54-25(3)46(69)70)19-26-10-14-29(60)15-11-26/h4-5,7-8,10-17,23-25,33-37,39,53,60-61H,6,9,18-22,49H2,1-3H3,(H2,48,62)(H,54,64)(H,55,65)(H,56,66)(H,57,67)(H,58,63)(H,59,68)(H,69,70)(H4,50,51,52)/t25-,33-,34-,35-,36-,37-,39-/m0/s1.